The van der Waals surface area contributed by atoms with Crippen molar-refractivity contribution < 1.29 is 0 Å². The van der Waals surface area contributed by atoms with Gasteiger partial charge in [-0.05, 0) is 40.8 Å². The largest absolute Gasteiger partial charge is 0.339 e. The summed E-state index contributed by atoms with van der Waals surface area (Å²) in [7, 11) is 0. The van der Waals surface area contributed by atoms with Crippen molar-refractivity contribution in [2.75, 3.05) is 5.32 Å². The van der Waals surface area contributed by atoms with Crippen molar-refractivity contribution >= 4 is 57.3 Å². The first-order valence-electron chi connectivity index (χ1n) is 4.34. The average molecular weight is 366 g/mol. The number of hydrogen-bond donors (Lipinski definition) is 1. The minimum Gasteiger partial charge on any atom is -0.339 e. The molecule has 0 amide bonds. The maximum absolute atomic E-state index is 5.90. The van der Waals surface area contributed by atoms with E-state index >= 15 is 0 Å². The number of hydrogen-bond acceptors (Lipinski definition) is 3. The predicted octanol–water partition coefficient (Wildman–Crippen LogP) is 4.13. The SMILES string of the molecule is Clc1cc(Cl)cc(Nc2ncncc2I)c1. The quantitative estimate of drug-likeness (QED) is 0.813. The molecule has 0 aliphatic rings. The minimum absolute atomic E-state index is 0.582. The third-order valence-corrected chi connectivity index (χ3v) is 3.02. The maximum atomic E-state index is 5.90. The van der Waals surface area contributed by atoms with Crippen LogP contribution < -0.4 is 5.32 Å². The molecule has 0 saturated heterocycles. The molecular weight excluding hydrogens is 360 g/mol. The number of rotatable bonds is 2. The molecule has 6 heteroatoms. The minimum atomic E-state index is 0.582. The van der Waals surface area contributed by atoms with E-state index in [4.69, 9.17) is 23.2 Å². The summed E-state index contributed by atoms with van der Waals surface area (Å²) >= 11 is 13.9. The lowest BCUT2D eigenvalue weighted by atomic mass is 10.3. The number of halogens is 3. The van der Waals surface area contributed by atoms with Crippen molar-refractivity contribution in [1.82, 2.24) is 9.97 Å². The zero-order valence-corrected chi connectivity index (χ0v) is 11.6. The highest BCUT2D eigenvalue weighted by molar-refractivity contribution is 14.1. The topological polar surface area (TPSA) is 37.8 Å². The van der Waals surface area contributed by atoms with Crippen LogP contribution in [0.3, 0.4) is 0 Å². The fourth-order valence-electron chi connectivity index (χ4n) is 1.17. The van der Waals surface area contributed by atoms with Gasteiger partial charge < -0.3 is 5.32 Å². The summed E-state index contributed by atoms with van der Waals surface area (Å²) in [5.74, 6) is 0.730. The number of benzene rings is 1. The van der Waals surface area contributed by atoms with Gasteiger partial charge in [0, 0.05) is 21.9 Å². The molecule has 0 bridgehead atoms. The first-order chi connectivity index (χ1) is 7.65. The van der Waals surface area contributed by atoms with Gasteiger partial charge in [0.05, 0.1) is 3.57 Å². The van der Waals surface area contributed by atoms with Crippen molar-refractivity contribution in [3.05, 3.63) is 44.3 Å². The smallest absolute Gasteiger partial charge is 0.147 e. The summed E-state index contributed by atoms with van der Waals surface area (Å²) in [5.41, 5.74) is 0.800. The van der Waals surface area contributed by atoms with Crippen LogP contribution in [0.4, 0.5) is 11.5 Å². The Morgan fingerprint density at radius 1 is 1.12 bits per heavy atom. The second-order valence-electron chi connectivity index (χ2n) is 3.00. The number of nitrogens with one attached hydrogen (secondary N) is 1. The molecule has 82 valence electrons. The van der Waals surface area contributed by atoms with Crippen LogP contribution >= 0.6 is 45.8 Å². The molecule has 1 heterocycles. The highest BCUT2D eigenvalue weighted by atomic mass is 127. The molecule has 16 heavy (non-hydrogen) atoms. The van der Waals surface area contributed by atoms with E-state index in [1.54, 1.807) is 24.4 Å². The molecule has 0 aliphatic heterocycles. The van der Waals surface area contributed by atoms with Crippen LogP contribution in [0, 0.1) is 3.57 Å². The van der Waals surface area contributed by atoms with E-state index in [-0.39, 0.29) is 0 Å². The Morgan fingerprint density at radius 3 is 2.44 bits per heavy atom. The Balaban J connectivity index is 2.30. The van der Waals surface area contributed by atoms with Gasteiger partial charge in [0.25, 0.3) is 0 Å². The second-order valence-corrected chi connectivity index (χ2v) is 5.04. The van der Waals surface area contributed by atoms with E-state index in [0.29, 0.717) is 10.0 Å². The maximum Gasteiger partial charge on any atom is 0.147 e. The molecule has 0 saturated carbocycles. The molecule has 0 radical (unpaired) electrons. The molecular formula is C10H6Cl2IN3. The van der Waals surface area contributed by atoms with Gasteiger partial charge in [0.2, 0.25) is 0 Å². The van der Waals surface area contributed by atoms with E-state index in [1.165, 1.54) is 6.33 Å². The average Bonchev–Trinajstić information content (AvgIpc) is 2.20. The lowest BCUT2D eigenvalue weighted by molar-refractivity contribution is 1.15. The van der Waals surface area contributed by atoms with Gasteiger partial charge in [-0.1, -0.05) is 23.2 Å². The second kappa shape index (κ2) is 5.16. The van der Waals surface area contributed by atoms with Crippen molar-refractivity contribution in [1.29, 1.82) is 0 Å². The third kappa shape index (κ3) is 2.96. The van der Waals surface area contributed by atoms with Crippen LogP contribution in [0.2, 0.25) is 10.0 Å². The summed E-state index contributed by atoms with van der Waals surface area (Å²) in [5, 5.41) is 4.29. The predicted molar refractivity (Wildman–Crippen MR) is 74.5 cm³/mol. The molecule has 1 aromatic heterocycles. The summed E-state index contributed by atoms with van der Waals surface area (Å²) in [6, 6.07) is 5.25. The summed E-state index contributed by atoms with van der Waals surface area (Å²) in [4.78, 5) is 8.03. The van der Waals surface area contributed by atoms with E-state index in [0.717, 1.165) is 15.1 Å². The first-order valence-corrected chi connectivity index (χ1v) is 6.17. The lowest BCUT2D eigenvalue weighted by Gasteiger charge is -2.07. The Bertz CT molecular complexity index is 499. The van der Waals surface area contributed by atoms with Crippen molar-refractivity contribution in [2.24, 2.45) is 0 Å². The standard InChI is InChI=1S/C10H6Cl2IN3/c11-6-1-7(12)3-8(2-6)16-10-9(13)4-14-5-15-10/h1-5H,(H,14,15,16). The normalized spacial score (nSPS) is 10.2. The van der Waals surface area contributed by atoms with Crippen LogP contribution in [-0.2, 0) is 0 Å². The van der Waals surface area contributed by atoms with E-state index < -0.39 is 0 Å². The number of aromatic nitrogens is 2. The van der Waals surface area contributed by atoms with Gasteiger partial charge in [-0.15, -0.1) is 0 Å². The monoisotopic (exact) mass is 365 g/mol. The molecule has 0 atom stereocenters. The van der Waals surface area contributed by atoms with E-state index in [1.807, 2.05) is 0 Å². The molecule has 3 nitrogen and oxygen atoms in total. The molecule has 0 unspecified atom stereocenters. The highest BCUT2D eigenvalue weighted by Crippen LogP contribution is 2.25. The van der Waals surface area contributed by atoms with Crippen molar-refractivity contribution in [2.45, 2.75) is 0 Å². The van der Waals surface area contributed by atoms with Crippen molar-refractivity contribution in [3.8, 4) is 0 Å². The number of anilines is 2. The van der Waals surface area contributed by atoms with Gasteiger partial charge in [-0.3, -0.25) is 0 Å². The Kier molecular flexibility index (Phi) is 3.83. The van der Waals surface area contributed by atoms with E-state index in [2.05, 4.69) is 37.9 Å². The van der Waals surface area contributed by atoms with Crippen LogP contribution in [0.25, 0.3) is 0 Å². The zero-order valence-electron chi connectivity index (χ0n) is 7.92. The molecule has 1 aromatic carbocycles. The molecule has 2 rings (SSSR count). The molecule has 0 spiro atoms. The summed E-state index contributed by atoms with van der Waals surface area (Å²) in [6.07, 6.45) is 3.21. The van der Waals surface area contributed by atoms with Crippen molar-refractivity contribution in [3.63, 3.8) is 0 Å². The van der Waals surface area contributed by atoms with Gasteiger partial charge in [0.1, 0.15) is 12.1 Å². The summed E-state index contributed by atoms with van der Waals surface area (Å²) < 4.78 is 0.927. The van der Waals surface area contributed by atoms with Crippen LogP contribution in [0.5, 0.6) is 0 Å². The third-order valence-electron chi connectivity index (χ3n) is 1.79. The first kappa shape index (κ1) is 11.9. The Labute approximate surface area is 116 Å². The zero-order chi connectivity index (χ0) is 11.5. The molecule has 1 N–H and O–H groups in total. The highest BCUT2D eigenvalue weighted by Gasteiger charge is 2.03. The van der Waals surface area contributed by atoms with Crippen LogP contribution in [-0.4, -0.2) is 9.97 Å². The molecule has 0 fully saturated rings. The summed E-state index contributed by atoms with van der Waals surface area (Å²) in [6.45, 7) is 0. The number of nitrogens with zero attached hydrogens (tertiary/aromatic N) is 2. The lowest BCUT2D eigenvalue weighted by Crippen LogP contribution is -1.96. The van der Waals surface area contributed by atoms with Gasteiger partial charge in [0.15, 0.2) is 0 Å². The fraction of sp³-hybridized carbons (Fsp3) is 0. The van der Waals surface area contributed by atoms with Gasteiger partial charge in [-0.25, -0.2) is 9.97 Å². The van der Waals surface area contributed by atoms with E-state index in [9.17, 15) is 0 Å². The Morgan fingerprint density at radius 2 is 1.81 bits per heavy atom. The molecule has 2 aromatic rings. The van der Waals surface area contributed by atoms with Gasteiger partial charge >= 0.3 is 0 Å². The van der Waals surface area contributed by atoms with Crippen LogP contribution in [0.15, 0.2) is 30.7 Å². The fourth-order valence-corrected chi connectivity index (χ4v) is 2.13. The van der Waals surface area contributed by atoms with Crippen LogP contribution in [0.1, 0.15) is 0 Å². The Hall–Kier alpha value is -0.590. The van der Waals surface area contributed by atoms with Gasteiger partial charge in [-0.2, -0.15) is 0 Å². The molecule has 0 aliphatic carbocycles.